The van der Waals surface area contributed by atoms with Crippen LogP contribution in [0.5, 0.6) is 0 Å². The lowest BCUT2D eigenvalue weighted by molar-refractivity contribution is -0.150. The summed E-state index contributed by atoms with van der Waals surface area (Å²) in [5.74, 6) is -1.70. The van der Waals surface area contributed by atoms with Crippen molar-refractivity contribution in [3.8, 4) is 11.5 Å². The molecular weight excluding hydrogens is 400 g/mol. The third-order valence-corrected chi connectivity index (χ3v) is 5.33. The van der Waals surface area contributed by atoms with Crippen LogP contribution in [-0.2, 0) is 25.7 Å². The SMILES string of the molecule is Cc1nc(-c2noc(CN(C)C3=CC(=O)N(C4CCC(=O)NC4=O)C3=O)n2)cs1. The van der Waals surface area contributed by atoms with Crippen LogP contribution in [-0.4, -0.2) is 61.6 Å². The van der Waals surface area contributed by atoms with Crippen LogP contribution in [0.4, 0.5) is 0 Å². The summed E-state index contributed by atoms with van der Waals surface area (Å²) < 4.78 is 5.22. The van der Waals surface area contributed by atoms with Gasteiger partial charge in [-0.1, -0.05) is 5.16 Å². The highest BCUT2D eigenvalue weighted by Crippen LogP contribution is 2.24. The Morgan fingerprint density at radius 2 is 2.10 bits per heavy atom. The van der Waals surface area contributed by atoms with E-state index in [1.165, 1.54) is 16.2 Å². The van der Waals surface area contributed by atoms with Crippen LogP contribution >= 0.6 is 11.3 Å². The van der Waals surface area contributed by atoms with Gasteiger partial charge in [0.25, 0.3) is 11.8 Å². The van der Waals surface area contributed by atoms with Crippen molar-refractivity contribution in [1.29, 1.82) is 0 Å². The lowest BCUT2D eigenvalue weighted by atomic mass is 10.0. The molecule has 2 aromatic heterocycles. The zero-order valence-corrected chi connectivity index (χ0v) is 16.4. The van der Waals surface area contributed by atoms with Crippen LogP contribution in [0.3, 0.4) is 0 Å². The molecule has 12 heteroatoms. The van der Waals surface area contributed by atoms with Crippen molar-refractivity contribution in [2.45, 2.75) is 32.4 Å². The van der Waals surface area contributed by atoms with Gasteiger partial charge >= 0.3 is 0 Å². The van der Waals surface area contributed by atoms with Crippen LogP contribution in [0, 0.1) is 6.92 Å². The van der Waals surface area contributed by atoms with Gasteiger partial charge in [-0.15, -0.1) is 11.3 Å². The zero-order valence-electron chi connectivity index (χ0n) is 15.5. The molecule has 0 spiro atoms. The Hall–Kier alpha value is -3.41. The molecule has 4 rings (SSSR count). The Morgan fingerprint density at radius 3 is 2.79 bits per heavy atom. The molecule has 4 heterocycles. The van der Waals surface area contributed by atoms with Gasteiger partial charge in [0.15, 0.2) is 0 Å². The molecule has 0 bridgehead atoms. The molecule has 0 radical (unpaired) electrons. The number of imide groups is 2. The normalized spacial score (nSPS) is 19.6. The predicted molar refractivity (Wildman–Crippen MR) is 97.7 cm³/mol. The average molecular weight is 416 g/mol. The minimum atomic E-state index is -1.00. The molecule has 1 saturated heterocycles. The smallest absolute Gasteiger partial charge is 0.277 e. The fraction of sp³-hybridized carbons (Fsp3) is 0.353. The topological polar surface area (TPSA) is 139 Å². The van der Waals surface area contributed by atoms with Crippen molar-refractivity contribution >= 4 is 35.0 Å². The van der Waals surface area contributed by atoms with E-state index in [4.69, 9.17) is 4.52 Å². The molecule has 1 N–H and O–H groups in total. The number of aromatic nitrogens is 3. The van der Waals surface area contributed by atoms with Crippen molar-refractivity contribution in [3.63, 3.8) is 0 Å². The van der Waals surface area contributed by atoms with E-state index in [0.29, 0.717) is 11.5 Å². The third kappa shape index (κ3) is 3.53. The highest BCUT2D eigenvalue weighted by Gasteiger charge is 2.43. The first-order chi connectivity index (χ1) is 13.8. The second-order valence-corrected chi connectivity index (χ2v) is 7.69. The first-order valence-electron chi connectivity index (χ1n) is 8.72. The quantitative estimate of drug-likeness (QED) is 0.667. The second-order valence-electron chi connectivity index (χ2n) is 6.63. The lowest BCUT2D eigenvalue weighted by Crippen LogP contribution is -2.54. The largest absolute Gasteiger partial charge is 0.361 e. The van der Waals surface area contributed by atoms with Gasteiger partial charge in [-0.05, 0) is 13.3 Å². The second kappa shape index (κ2) is 7.20. The van der Waals surface area contributed by atoms with Crippen molar-refractivity contribution in [3.05, 3.63) is 28.1 Å². The number of piperidine rings is 1. The van der Waals surface area contributed by atoms with E-state index < -0.39 is 29.7 Å². The maximum Gasteiger partial charge on any atom is 0.277 e. The Morgan fingerprint density at radius 1 is 1.31 bits per heavy atom. The molecule has 0 aliphatic carbocycles. The number of aryl methyl sites for hydroxylation is 1. The van der Waals surface area contributed by atoms with Gasteiger partial charge in [0.1, 0.15) is 17.4 Å². The molecular formula is C17H16N6O5S. The van der Waals surface area contributed by atoms with E-state index in [9.17, 15) is 19.2 Å². The number of thiazole rings is 1. The molecule has 1 fully saturated rings. The molecule has 0 saturated carbocycles. The van der Waals surface area contributed by atoms with Gasteiger partial charge in [0, 0.05) is 24.9 Å². The molecule has 0 aromatic carbocycles. The summed E-state index contributed by atoms with van der Waals surface area (Å²) in [6, 6.07) is -1.00. The molecule has 4 amide bonds. The first-order valence-corrected chi connectivity index (χ1v) is 9.60. The standard InChI is InChI=1S/C17H16N6O5S/c1-8-18-9(7-29-8)15-20-13(28-21-15)6-22(2)11-5-14(25)23(17(11)27)10-3-4-12(24)19-16(10)26/h5,7,10H,3-4,6H2,1-2H3,(H,19,24,26). The number of amides is 4. The molecule has 150 valence electrons. The van der Waals surface area contributed by atoms with Crippen LogP contribution in [0.15, 0.2) is 21.7 Å². The number of carbonyl (C=O) groups is 4. The summed E-state index contributed by atoms with van der Waals surface area (Å²) in [6.07, 6.45) is 1.33. The molecule has 1 atom stereocenters. The number of carbonyl (C=O) groups excluding carboxylic acids is 4. The van der Waals surface area contributed by atoms with E-state index >= 15 is 0 Å². The number of rotatable bonds is 5. The van der Waals surface area contributed by atoms with Crippen LogP contribution < -0.4 is 5.32 Å². The first kappa shape index (κ1) is 18.9. The maximum atomic E-state index is 12.8. The zero-order chi connectivity index (χ0) is 20.7. The van der Waals surface area contributed by atoms with E-state index in [2.05, 4.69) is 20.4 Å². The van der Waals surface area contributed by atoms with Crippen molar-refractivity contribution in [2.75, 3.05) is 7.05 Å². The predicted octanol–water partition coefficient (Wildman–Crippen LogP) is -0.00878. The van der Waals surface area contributed by atoms with E-state index in [-0.39, 0.29) is 31.0 Å². The summed E-state index contributed by atoms with van der Waals surface area (Å²) in [5, 5.41) is 8.72. The molecule has 11 nitrogen and oxygen atoms in total. The summed E-state index contributed by atoms with van der Waals surface area (Å²) in [5.41, 5.74) is 0.699. The molecule has 2 aliphatic heterocycles. The number of nitrogens with zero attached hydrogens (tertiary/aromatic N) is 5. The van der Waals surface area contributed by atoms with Gasteiger partial charge in [-0.3, -0.25) is 29.4 Å². The summed E-state index contributed by atoms with van der Waals surface area (Å²) in [7, 11) is 1.60. The maximum absolute atomic E-state index is 12.8. The number of likely N-dealkylation sites (N-methyl/N-ethyl adjacent to an activating group) is 1. The Balaban J connectivity index is 1.46. The Kier molecular flexibility index (Phi) is 4.70. The van der Waals surface area contributed by atoms with E-state index in [0.717, 1.165) is 16.0 Å². The molecule has 2 aliphatic rings. The van der Waals surface area contributed by atoms with Gasteiger partial charge < -0.3 is 9.42 Å². The molecule has 1 unspecified atom stereocenters. The minimum absolute atomic E-state index is 0.0689. The third-order valence-electron chi connectivity index (χ3n) is 4.56. The van der Waals surface area contributed by atoms with Gasteiger partial charge in [-0.25, -0.2) is 4.98 Å². The number of hydrogen-bond donors (Lipinski definition) is 1. The Labute approximate surface area is 168 Å². The van der Waals surface area contributed by atoms with Crippen molar-refractivity contribution < 1.29 is 23.7 Å². The summed E-state index contributed by atoms with van der Waals surface area (Å²) >= 11 is 1.46. The summed E-state index contributed by atoms with van der Waals surface area (Å²) in [4.78, 5) is 59.4. The Bertz CT molecular complexity index is 1060. The molecule has 2 aromatic rings. The molecule has 29 heavy (non-hydrogen) atoms. The van der Waals surface area contributed by atoms with Crippen LogP contribution in [0.1, 0.15) is 23.7 Å². The monoisotopic (exact) mass is 416 g/mol. The van der Waals surface area contributed by atoms with Crippen molar-refractivity contribution in [1.82, 2.24) is 30.2 Å². The fourth-order valence-corrected chi connectivity index (χ4v) is 3.74. The lowest BCUT2D eigenvalue weighted by Gasteiger charge is -2.29. The number of nitrogens with one attached hydrogen (secondary N) is 1. The van der Waals surface area contributed by atoms with Crippen molar-refractivity contribution in [2.24, 2.45) is 0 Å². The highest BCUT2D eigenvalue weighted by atomic mass is 32.1. The highest BCUT2D eigenvalue weighted by molar-refractivity contribution is 7.09. The van der Waals surface area contributed by atoms with Gasteiger partial charge in [0.2, 0.25) is 23.5 Å². The van der Waals surface area contributed by atoms with Crippen LogP contribution in [0.25, 0.3) is 11.5 Å². The number of hydrogen-bond acceptors (Lipinski definition) is 10. The van der Waals surface area contributed by atoms with Crippen LogP contribution in [0.2, 0.25) is 0 Å². The van der Waals surface area contributed by atoms with Gasteiger partial charge in [-0.2, -0.15) is 4.98 Å². The van der Waals surface area contributed by atoms with E-state index in [1.807, 2.05) is 12.3 Å². The fourth-order valence-electron chi connectivity index (χ4n) is 3.15. The summed E-state index contributed by atoms with van der Waals surface area (Å²) in [6.45, 7) is 1.95. The van der Waals surface area contributed by atoms with E-state index in [1.54, 1.807) is 7.05 Å². The average Bonchev–Trinajstić information content (AvgIpc) is 3.36. The van der Waals surface area contributed by atoms with Gasteiger partial charge in [0.05, 0.1) is 11.6 Å². The minimum Gasteiger partial charge on any atom is -0.361 e.